The standard InChI is InChI=1S/C24H33FN4O3/c1-22(2,3)32-21(30)28-23-10-12-24(13-11-23,31-15-23)9-8-16-17(25)14-26-18-6-7-19(29(4)5)27-20(16)18/h6-7,14H,8-13,15H2,1-5H3,(H,28,30). The van der Waals surface area contributed by atoms with Crippen molar-refractivity contribution in [3.05, 3.63) is 29.7 Å². The average Bonchev–Trinajstić information content (AvgIpc) is 2.72. The van der Waals surface area contributed by atoms with Crippen LogP contribution in [0.25, 0.3) is 11.0 Å². The van der Waals surface area contributed by atoms with Crippen LogP contribution in [0.5, 0.6) is 0 Å². The molecule has 2 bridgehead atoms. The number of nitrogens with zero attached hydrogens (tertiary/aromatic N) is 3. The molecule has 174 valence electrons. The van der Waals surface area contributed by atoms with E-state index in [1.165, 1.54) is 6.20 Å². The maximum atomic E-state index is 14.8. The van der Waals surface area contributed by atoms with Crippen molar-refractivity contribution in [3.8, 4) is 0 Å². The average molecular weight is 445 g/mol. The van der Waals surface area contributed by atoms with Crippen molar-refractivity contribution in [1.29, 1.82) is 0 Å². The molecule has 2 aliphatic heterocycles. The Labute approximate surface area is 188 Å². The van der Waals surface area contributed by atoms with Gasteiger partial charge in [0.2, 0.25) is 0 Å². The third-order valence-corrected chi connectivity index (χ3v) is 6.58. The summed E-state index contributed by atoms with van der Waals surface area (Å²) in [5, 5.41) is 3.05. The number of carbonyl (C=O) groups is 1. The first-order chi connectivity index (χ1) is 15.0. The zero-order chi connectivity index (χ0) is 23.1. The number of fused-ring (bicyclic) bond motifs is 4. The summed E-state index contributed by atoms with van der Waals surface area (Å²) >= 11 is 0. The van der Waals surface area contributed by atoms with Gasteiger partial charge in [-0.2, -0.15) is 0 Å². The monoisotopic (exact) mass is 444 g/mol. The Morgan fingerprint density at radius 3 is 2.56 bits per heavy atom. The van der Waals surface area contributed by atoms with Gasteiger partial charge < -0.3 is 19.7 Å². The predicted molar refractivity (Wildman–Crippen MR) is 121 cm³/mol. The largest absolute Gasteiger partial charge is 0.444 e. The molecule has 1 aliphatic carbocycles. The molecule has 0 aromatic carbocycles. The van der Waals surface area contributed by atoms with Crippen molar-refractivity contribution in [3.63, 3.8) is 0 Å². The number of aromatic nitrogens is 2. The van der Waals surface area contributed by atoms with Crippen LogP contribution in [0.4, 0.5) is 15.0 Å². The quantitative estimate of drug-likeness (QED) is 0.738. The molecule has 4 heterocycles. The Bertz CT molecular complexity index is 994. The molecule has 3 aliphatic rings. The number of amides is 1. The molecule has 0 spiro atoms. The van der Waals surface area contributed by atoms with E-state index >= 15 is 0 Å². The molecule has 1 saturated carbocycles. The summed E-state index contributed by atoms with van der Waals surface area (Å²) in [6, 6.07) is 3.77. The van der Waals surface area contributed by atoms with Crippen molar-refractivity contribution in [2.45, 2.75) is 76.0 Å². The molecule has 0 atom stereocenters. The van der Waals surface area contributed by atoms with Crippen LogP contribution in [0.15, 0.2) is 18.3 Å². The molecule has 1 N–H and O–H groups in total. The van der Waals surface area contributed by atoms with Gasteiger partial charge in [0.15, 0.2) is 0 Å². The van der Waals surface area contributed by atoms with Crippen LogP contribution in [0, 0.1) is 5.82 Å². The Hall–Kier alpha value is -2.48. The molecule has 0 radical (unpaired) electrons. The van der Waals surface area contributed by atoms with E-state index in [1.807, 2.05) is 51.9 Å². The molecule has 5 rings (SSSR count). The fourth-order valence-corrected chi connectivity index (χ4v) is 4.69. The van der Waals surface area contributed by atoms with E-state index in [9.17, 15) is 9.18 Å². The highest BCUT2D eigenvalue weighted by molar-refractivity contribution is 5.79. The zero-order valence-electron chi connectivity index (χ0n) is 19.6. The summed E-state index contributed by atoms with van der Waals surface area (Å²) in [5.41, 5.74) is 0.691. The number of halogens is 1. The van der Waals surface area contributed by atoms with E-state index in [4.69, 9.17) is 9.47 Å². The number of hydrogen-bond acceptors (Lipinski definition) is 6. The van der Waals surface area contributed by atoms with Crippen molar-refractivity contribution < 1.29 is 18.7 Å². The summed E-state index contributed by atoms with van der Waals surface area (Å²) in [4.78, 5) is 23.0. The Kier molecular flexibility index (Phi) is 5.77. The van der Waals surface area contributed by atoms with Gasteiger partial charge in [-0.05, 0) is 71.4 Å². The second-order valence-electron chi connectivity index (χ2n) is 10.4. The minimum Gasteiger partial charge on any atom is -0.444 e. The van der Waals surface area contributed by atoms with Crippen molar-refractivity contribution in [2.75, 3.05) is 25.6 Å². The summed E-state index contributed by atoms with van der Waals surface area (Å²) < 4.78 is 26.5. The third-order valence-electron chi connectivity index (χ3n) is 6.58. The van der Waals surface area contributed by atoms with Gasteiger partial charge in [-0.3, -0.25) is 4.98 Å². The fraction of sp³-hybridized carbons (Fsp3) is 0.625. The van der Waals surface area contributed by atoms with Crippen LogP contribution < -0.4 is 10.2 Å². The van der Waals surface area contributed by atoms with E-state index in [0.29, 0.717) is 36.0 Å². The molecule has 3 fully saturated rings. The van der Waals surface area contributed by atoms with Gasteiger partial charge in [-0.25, -0.2) is 14.2 Å². The van der Waals surface area contributed by atoms with Crippen LogP contribution in [-0.4, -0.2) is 53.5 Å². The molecule has 32 heavy (non-hydrogen) atoms. The SMILES string of the molecule is CN(C)c1ccc2ncc(F)c(CCC34CCC(NC(=O)OC(C)(C)C)(CC3)CO4)c2n1. The van der Waals surface area contributed by atoms with Gasteiger partial charge in [-0.1, -0.05) is 0 Å². The Morgan fingerprint density at radius 2 is 1.97 bits per heavy atom. The number of rotatable bonds is 5. The van der Waals surface area contributed by atoms with Gasteiger partial charge in [-0.15, -0.1) is 0 Å². The van der Waals surface area contributed by atoms with Gasteiger partial charge in [0, 0.05) is 19.7 Å². The van der Waals surface area contributed by atoms with Gasteiger partial charge >= 0.3 is 6.09 Å². The maximum absolute atomic E-state index is 14.8. The van der Waals surface area contributed by atoms with Gasteiger partial charge in [0.1, 0.15) is 17.2 Å². The number of pyridine rings is 2. The minimum atomic E-state index is -0.535. The van der Waals surface area contributed by atoms with Crippen LogP contribution >= 0.6 is 0 Å². The Morgan fingerprint density at radius 1 is 1.25 bits per heavy atom. The first-order valence-electron chi connectivity index (χ1n) is 11.3. The topological polar surface area (TPSA) is 76.6 Å². The lowest BCUT2D eigenvalue weighted by Gasteiger charge is -2.53. The molecule has 2 saturated heterocycles. The molecule has 1 amide bonds. The highest BCUT2D eigenvalue weighted by atomic mass is 19.1. The lowest BCUT2D eigenvalue weighted by atomic mass is 9.69. The maximum Gasteiger partial charge on any atom is 0.408 e. The highest BCUT2D eigenvalue weighted by Crippen LogP contribution is 2.46. The van der Waals surface area contributed by atoms with Crippen LogP contribution in [0.1, 0.15) is 58.4 Å². The van der Waals surface area contributed by atoms with Crippen molar-refractivity contribution in [1.82, 2.24) is 15.3 Å². The first-order valence-corrected chi connectivity index (χ1v) is 11.3. The molecule has 8 heteroatoms. The smallest absolute Gasteiger partial charge is 0.408 e. The van der Waals surface area contributed by atoms with E-state index in [1.54, 1.807) is 0 Å². The number of ether oxygens (including phenoxy) is 2. The minimum absolute atomic E-state index is 0.293. The summed E-state index contributed by atoms with van der Waals surface area (Å²) in [5.74, 6) is 0.443. The molecule has 2 aromatic heterocycles. The number of hydrogen-bond donors (Lipinski definition) is 1. The van der Waals surface area contributed by atoms with E-state index in [0.717, 1.165) is 31.5 Å². The van der Waals surface area contributed by atoms with Crippen LogP contribution in [0.2, 0.25) is 0 Å². The first kappa shape index (κ1) is 22.7. The van der Waals surface area contributed by atoms with Crippen LogP contribution in [0.3, 0.4) is 0 Å². The number of aryl methyl sites for hydroxylation is 1. The van der Waals surface area contributed by atoms with E-state index in [-0.39, 0.29) is 17.0 Å². The summed E-state index contributed by atoms with van der Waals surface area (Å²) in [7, 11) is 3.82. The lowest BCUT2D eigenvalue weighted by molar-refractivity contribution is -0.163. The van der Waals surface area contributed by atoms with E-state index < -0.39 is 11.7 Å². The normalized spacial score (nSPS) is 25.1. The number of nitrogens with one attached hydrogen (secondary N) is 1. The molecular formula is C24H33FN4O3. The second kappa shape index (κ2) is 8.14. The summed E-state index contributed by atoms with van der Waals surface area (Å²) in [6.45, 7) is 6.01. The summed E-state index contributed by atoms with van der Waals surface area (Å²) in [6.07, 6.45) is 5.42. The predicted octanol–water partition coefficient (Wildman–Crippen LogP) is 4.37. The third kappa shape index (κ3) is 4.65. The van der Waals surface area contributed by atoms with Crippen molar-refractivity contribution in [2.24, 2.45) is 0 Å². The lowest BCUT2D eigenvalue weighted by Crippen LogP contribution is -2.63. The highest BCUT2D eigenvalue weighted by Gasteiger charge is 2.50. The van der Waals surface area contributed by atoms with Crippen LogP contribution in [-0.2, 0) is 15.9 Å². The Balaban J connectivity index is 1.45. The second-order valence-corrected chi connectivity index (χ2v) is 10.4. The number of alkyl carbamates (subject to hydrolysis) is 1. The van der Waals surface area contributed by atoms with Gasteiger partial charge in [0.25, 0.3) is 0 Å². The number of anilines is 1. The fourth-order valence-electron chi connectivity index (χ4n) is 4.69. The molecular weight excluding hydrogens is 411 g/mol. The number of carbonyl (C=O) groups excluding carboxylic acids is 1. The van der Waals surface area contributed by atoms with Crippen molar-refractivity contribution >= 4 is 22.9 Å². The molecule has 7 nitrogen and oxygen atoms in total. The van der Waals surface area contributed by atoms with Gasteiger partial charge in [0.05, 0.1) is 35.0 Å². The molecule has 2 aromatic rings. The van der Waals surface area contributed by atoms with E-state index in [2.05, 4.69) is 15.3 Å². The molecule has 0 unspecified atom stereocenters. The zero-order valence-corrected chi connectivity index (χ0v) is 19.6.